The monoisotopic (exact) mass is 324 g/mol. The Hall–Kier alpha value is -2.28. The number of carbonyl (C=O) groups excluding carboxylic acids is 1. The molecule has 1 amide bonds. The Morgan fingerprint density at radius 2 is 2.26 bits per heavy atom. The van der Waals surface area contributed by atoms with E-state index in [0.29, 0.717) is 24.2 Å². The third kappa shape index (κ3) is 2.23. The third-order valence-electron chi connectivity index (χ3n) is 4.23. The van der Waals surface area contributed by atoms with E-state index in [-0.39, 0.29) is 23.4 Å². The van der Waals surface area contributed by atoms with Crippen LogP contribution in [0.2, 0.25) is 0 Å². The average Bonchev–Trinajstić information content (AvgIpc) is 2.84. The van der Waals surface area contributed by atoms with Gasteiger partial charge in [0.2, 0.25) is 0 Å². The summed E-state index contributed by atoms with van der Waals surface area (Å²) in [6.07, 6.45) is 2.48. The van der Waals surface area contributed by atoms with Crippen LogP contribution >= 0.6 is 11.3 Å². The van der Waals surface area contributed by atoms with Gasteiger partial charge >= 0.3 is 0 Å². The van der Waals surface area contributed by atoms with Crippen LogP contribution in [0.3, 0.4) is 0 Å². The quantitative estimate of drug-likeness (QED) is 0.810. The van der Waals surface area contributed by atoms with E-state index < -0.39 is 0 Å². The molecular formula is C16H13BN2O3S. The lowest BCUT2D eigenvalue weighted by atomic mass is 9.99. The van der Waals surface area contributed by atoms with Gasteiger partial charge in [-0.1, -0.05) is 6.07 Å². The van der Waals surface area contributed by atoms with Gasteiger partial charge in [-0.05, 0) is 16.4 Å². The molecule has 1 unspecified atom stereocenters. The van der Waals surface area contributed by atoms with Gasteiger partial charge in [0.25, 0.3) is 5.91 Å². The molecule has 0 aliphatic carbocycles. The fourth-order valence-electron chi connectivity index (χ4n) is 3.07. The van der Waals surface area contributed by atoms with Crippen LogP contribution in [0, 0.1) is 0 Å². The first-order valence-electron chi connectivity index (χ1n) is 7.20. The van der Waals surface area contributed by atoms with E-state index in [9.17, 15) is 9.90 Å². The zero-order chi connectivity index (χ0) is 16.1. The maximum Gasteiger partial charge on any atom is 0.257 e. The minimum atomic E-state index is -0.115. The summed E-state index contributed by atoms with van der Waals surface area (Å²) in [5.41, 5.74) is 2.00. The second-order valence-corrected chi connectivity index (χ2v) is 6.79. The fraction of sp³-hybridized carbons (Fsp3) is 0.250. The summed E-state index contributed by atoms with van der Waals surface area (Å²) < 4.78 is 5.88. The van der Waals surface area contributed by atoms with Crippen LogP contribution in [-0.2, 0) is 13.0 Å². The second-order valence-electron chi connectivity index (χ2n) is 5.62. The number of thiophene rings is 1. The molecule has 0 fully saturated rings. The number of carbonyl (C=O) groups is 1. The largest absolute Gasteiger partial charge is 0.504 e. The van der Waals surface area contributed by atoms with E-state index in [1.54, 1.807) is 28.5 Å². The normalized spacial score (nSPS) is 18.9. The van der Waals surface area contributed by atoms with Gasteiger partial charge in [-0.25, -0.2) is 0 Å². The van der Waals surface area contributed by atoms with Crippen molar-refractivity contribution in [3.05, 3.63) is 34.2 Å². The number of nitrogens with zero attached hydrogens (tertiary/aromatic N) is 2. The lowest BCUT2D eigenvalue weighted by molar-refractivity contribution is 0.0705. The molecule has 2 aliphatic rings. The number of benzene rings is 1. The van der Waals surface area contributed by atoms with E-state index >= 15 is 0 Å². The molecule has 5 nitrogen and oxygen atoms in total. The smallest absolute Gasteiger partial charge is 0.257 e. The molecule has 1 aromatic heterocycles. The molecule has 23 heavy (non-hydrogen) atoms. The highest BCUT2D eigenvalue weighted by molar-refractivity contribution is 7.20. The summed E-state index contributed by atoms with van der Waals surface area (Å²) in [4.78, 5) is 20.4. The fourth-order valence-corrected chi connectivity index (χ4v) is 4.07. The topological polar surface area (TPSA) is 62.1 Å². The first-order valence-corrected chi connectivity index (χ1v) is 8.01. The van der Waals surface area contributed by atoms with Crippen molar-refractivity contribution in [3.63, 3.8) is 0 Å². The van der Waals surface area contributed by atoms with Crippen LogP contribution in [0.4, 0.5) is 5.69 Å². The Bertz CT molecular complexity index is 846. The molecule has 2 radical (unpaired) electrons. The molecule has 2 aromatic rings. The Morgan fingerprint density at radius 3 is 3.04 bits per heavy atom. The highest BCUT2D eigenvalue weighted by Crippen LogP contribution is 2.37. The van der Waals surface area contributed by atoms with Gasteiger partial charge in [0, 0.05) is 30.1 Å². The Kier molecular flexibility index (Phi) is 3.19. The van der Waals surface area contributed by atoms with Crippen LogP contribution in [0.15, 0.2) is 23.2 Å². The first kappa shape index (κ1) is 14.3. The first-order chi connectivity index (χ1) is 11.1. The number of hydrogen-bond donors (Lipinski definition) is 1. The molecule has 0 bridgehead atoms. The maximum atomic E-state index is 12.9. The van der Waals surface area contributed by atoms with Crippen molar-refractivity contribution in [3.8, 4) is 11.5 Å². The van der Waals surface area contributed by atoms with Crippen LogP contribution < -0.4 is 9.51 Å². The Labute approximate surface area is 138 Å². The number of aliphatic imine (C=N–C) groups is 1. The summed E-state index contributed by atoms with van der Waals surface area (Å²) in [6, 6.07) is 4.84. The lowest BCUT2D eigenvalue weighted by Crippen LogP contribution is -2.44. The standard InChI is InChI=1S/C16H13BN2O3S/c1-22-13-4-10-11(5-12(13)20)18-6-9-3-14-8(2-15(17)23-14)7-19(9)16(10)21/h2,4-6,9,20H,3,7H2,1H3. The van der Waals surface area contributed by atoms with E-state index in [1.165, 1.54) is 18.1 Å². The average molecular weight is 324 g/mol. The van der Waals surface area contributed by atoms with Crippen molar-refractivity contribution in [1.82, 2.24) is 4.90 Å². The molecule has 1 N–H and O–H groups in total. The molecule has 3 heterocycles. The van der Waals surface area contributed by atoms with Gasteiger partial charge in [-0.15, -0.1) is 0 Å². The van der Waals surface area contributed by atoms with Crippen molar-refractivity contribution in [1.29, 1.82) is 0 Å². The molecule has 0 saturated carbocycles. The van der Waals surface area contributed by atoms with E-state index in [4.69, 9.17) is 12.6 Å². The van der Waals surface area contributed by atoms with Crippen molar-refractivity contribution in [2.45, 2.75) is 19.0 Å². The summed E-state index contributed by atoms with van der Waals surface area (Å²) in [5.74, 6) is 0.127. The number of ether oxygens (including phenoxy) is 1. The number of phenolic OH excluding ortho intramolecular Hbond substituents is 1. The highest BCUT2D eigenvalue weighted by atomic mass is 32.1. The molecule has 1 atom stereocenters. The summed E-state index contributed by atoms with van der Waals surface area (Å²) >= 11 is 1.56. The highest BCUT2D eigenvalue weighted by Gasteiger charge is 2.33. The van der Waals surface area contributed by atoms with E-state index in [2.05, 4.69) is 4.99 Å². The molecule has 4 rings (SSSR count). The van der Waals surface area contributed by atoms with Gasteiger partial charge in [0.1, 0.15) is 7.85 Å². The Morgan fingerprint density at radius 1 is 1.43 bits per heavy atom. The van der Waals surface area contributed by atoms with Gasteiger partial charge in [-0.3, -0.25) is 9.79 Å². The summed E-state index contributed by atoms with van der Waals surface area (Å²) in [6.45, 7) is 0.515. The number of hydrogen-bond acceptors (Lipinski definition) is 5. The van der Waals surface area contributed by atoms with Crippen LogP contribution in [0.1, 0.15) is 20.8 Å². The molecule has 1 aromatic carbocycles. The molecular weight excluding hydrogens is 311 g/mol. The van der Waals surface area contributed by atoms with Crippen LogP contribution in [-0.4, -0.2) is 43.1 Å². The summed E-state index contributed by atoms with van der Waals surface area (Å²) in [5, 5.41) is 9.91. The zero-order valence-electron chi connectivity index (χ0n) is 12.4. The molecule has 7 heteroatoms. The predicted octanol–water partition coefficient (Wildman–Crippen LogP) is 1.54. The molecule has 0 saturated heterocycles. The van der Waals surface area contributed by atoms with Crippen molar-refractivity contribution in [2.75, 3.05) is 7.11 Å². The van der Waals surface area contributed by atoms with E-state index in [1.807, 2.05) is 6.07 Å². The SMILES string of the molecule is [B]c1cc2c(s1)CC1C=Nc3cc(O)c(OC)cc3C(=O)N1C2. The molecule has 114 valence electrons. The summed E-state index contributed by atoms with van der Waals surface area (Å²) in [7, 11) is 7.34. The number of amides is 1. The van der Waals surface area contributed by atoms with Gasteiger partial charge in [0.05, 0.1) is 24.4 Å². The Balaban J connectivity index is 1.79. The van der Waals surface area contributed by atoms with Crippen molar-refractivity contribution >= 4 is 41.8 Å². The minimum Gasteiger partial charge on any atom is -0.504 e. The van der Waals surface area contributed by atoms with Crippen LogP contribution in [0.25, 0.3) is 0 Å². The minimum absolute atomic E-state index is 0.0250. The van der Waals surface area contributed by atoms with Crippen molar-refractivity contribution in [2.24, 2.45) is 4.99 Å². The number of aromatic hydroxyl groups is 1. The maximum absolute atomic E-state index is 12.9. The second kappa shape index (κ2) is 5.13. The predicted molar refractivity (Wildman–Crippen MR) is 89.9 cm³/mol. The van der Waals surface area contributed by atoms with Crippen molar-refractivity contribution < 1.29 is 14.6 Å². The number of fused-ring (bicyclic) bond motifs is 3. The number of methoxy groups -OCH3 is 1. The number of phenols is 1. The van der Waals surface area contributed by atoms with E-state index in [0.717, 1.165) is 10.3 Å². The lowest BCUT2D eigenvalue weighted by Gasteiger charge is -2.32. The van der Waals surface area contributed by atoms with Gasteiger partial charge in [0.15, 0.2) is 11.5 Å². The number of rotatable bonds is 1. The third-order valence-corrected chi connectivity index (χ3v) is 5.25. The molecule has 2 aliphatic heterocycles. The molecule has 0 spiro atoms. The van der Waals surface area contributed by atoms with Crippen LogP contribution in [0.5, 0.6) is 11.5 Å². The van der Waals surface area contributed by atoms with Gasteiger partial charge < -0.3 is 14.7 Å². The van der Waals surface area contributed by atoms with Gasteiger partial charge in [-0.2, -0.15) is 11.3 Å². The zero-order valence-corrected chi connectivity index (χ0v) is 13.3.